The van der Waals surface area contributed by atoms with Crippen molar-refractivity contribution in [3.63, 3.8) is 0 Å². The second-order valence-corrected chi connectivity index (χ2v) is 5.78. The van der Waals surface area contributed by atoms with E-state index in [0.717, 1.165) is 17.7 Å². The van der Waals surface area contributed by atoms with Gasteiger partial charge in [-0.05, 0) is 43.7 Å². The molecule has 1 amide bonds. The van der Waals surface area contributed by atoms with Gasteiger partial charge in [-0.15, -0.1) is 0 Å². The molecule has 2 aromatic rings. The molecule has 0 aliphatic carbocycles. The van der Waals surface area contributed by atoms with E-state index in [1.165, 1.54) is 0 Å². The fourth-order valence-electron chi connectivity index (χ4n) is 2.29. The van der Waals surface area contributed by atoms with Gasteiger partial charge in [0.15, 0.2) is 0 Å². The number of methoxy groups -OCH3 is 2. The third-order valence-corrected chi connectivity index (χ3v) is 3.97. The summed E-state index contributed by atoms with van der Waals surface area (Å²) in [4.78, 5) is 12.3. The quantitative estimate of drug-likeness (QED) is 0.792. The second kappa shape index (κ2) is 8.97. The minimum Gasteiger partial charge on any atom is -0.497 e. The fourth-order valence-corrected chi connectivity index (χ4v) is 2.29. The number of ether oxygens (including phenoxy) is 3. The zero-order valence-electron chi connectivity index (χ0n) is 15.2. The lowest BCUT2D eigenvalue weighted by Crippen LogP contribution is -2.31. The molecule has 1 N–H and O–H groups in total. The standard InChI is InChI=1S/C20H25NO4/c1-5-14(2)21-20(22)15-9-10-19(24-4)16(11-15)13-25-18-8-6-7-17(12-18)23-3/h6-12,14H,5,13H2,1-4H3,(H,21,22). The van der Waals surface area contributed by atoms with Gasteiger partial charge in [0.2, 0.25) is 0 Å². The Hall–Kier alpha value is -2.69. The molecular weight excluding hydrogens is 318 g/mol. The Labute approximate surface area is 148 Å². The average molecular weight is 343 g/mol. The van der Waals surface area contributed by atoms with Gasteiger partial charge in [-0.1, -0.05) is 13.0 Å². The van der Waals surface area contributed by atoms with E-state index in [9.17, 15) is 4.79 Å². The van der Waals surface area contributed by atoms with E-state index < -0.39 is 0 Å². The van der Waals surface area contributed by atoms with Crippen molar-refractivity contribution in [3.05, 3.63) is 53.6 Å². The van der Waals surface area contributed by atoms with E-state index in [-0.39, 0.29) is 11.9 Å². The average Bonchev–Trinajstić information content (AvgIpc) is 2.66. The van der Waals surface area contributed by atoms with E-state index in [2.05, 4.69) is 5.32 Å². The normalized spacial score (nSPS) is 11.5. The van der Waals surface area contributed by atoms with Gasteiger partial charge < -0.3 is 19.5 Å². The van der Waals surface area contributed by atoms with Crippen LogP contribution in [0.3, 0.4) is 0 Å². The van der Waals surface area contributed by atoms with Gasteiger partial charge in [0.1, 0.15) is 23.9 Å². The van der Waals surface area contributed by atoms with Crippen molar-refractivity contribution in [1.82, 2.24) is 5.32 Å². The number of rotatable bonds is 8. The summed E-state index contributed by atoms with van der Waals surface area (Å²) in [5.74, 6) is 2.00. The molecule has 0 saturated heterocycles. The molecule has 134 valence electrons. The third-order valence-electron chi connectivity index (χ3n) is 3.97. The summed E-state index contributed by atoms with van der Waals surface area (Å²) in [6.07, 6.45) is 0.883. The maximum absolute atomic E-state index is 12.3. The lowest BCUT2D eigenvalue weighted by Gasteiger charge is -2.14. The molecule has 0 aliphatic heterocycles. The van der Waals surface area contributed by atoms with Gasteiger partial charge in [0, 0.05) is 23.2 Å². The highest BCUT2D eigenvalue weighted by Crippen LogP contribution is 2.24. The van der Waals surface area contributed by atoms with Crippen LogP contribution in [0.5, 0.6) is 17.2 Å². The Kier molecular flexibility index (Phi) is 6.69. The highest BCUT2D eigenvalue weighted by Gasteiger charge is 2.12. The number of carbonyl (C=O) groups excluding carboxylic acids is 1. The van der Waals surface area contributed by atoms with Crippen molar-refractivity contribution in [2.24, 2.45) is 0 Å². The Bertz CT molecular complexity index is 715. The Morgan fingerprint density at radius 1 is 1.08 bits per heavy atom. The predicted molar refractivity (Wildman–Crippen MR) is 97.5 cm³/mol. The lowest BCUT2D eigenvalue weighted by atomic mass is 10.1. The van der Waals surface area contributed by atoms with Crippen LogP contribution in [0, 0.1) is 0 Å². The molecule has 0 fully saturated rings. The maximum atomic E-state index is 12.3. The Morgan fingerprint density at radius 3 is 2.52 bits per heavy atom. The van der Waals surface area contributed by atoms with Crippen LogP contribution in [-0.2, 0) is 6.61 Å². The number of carbonyl (C=O) groups is 1. The van der Waals surface area contributed by atoms with Gasteiger partial charge in [0.05, 0.1) is 14.2 Å². The van der Waals surface area contributed by atoms with E-state index in [1.54, 1.807) is 32.4 Å². The second-order valence-electron chi connectivity index (χ2n) is 5.78. The van der Waals surface area contributed by atoms with Gasteiger partial charge in [0.25, 0.3) is 5.91 Å². The molecule has 0 bridgehead atoms. The first-order chi connectivity index (χ1) is 12.1. The third kappa shape index (κ3) is 5.14. The lowest BCUT2D eigenvalue weighted by molar-refractivity contribution is 0.0939. The summed E-state index contributed by atoms with van der Waals surface area (Å²) in [7, 11) is 3.21. The van der Waals surface area contributed by atoms with Crippen LogP contribution in [0.15, 0.2) is 42.5 Å². The first-order valence-corrected chi connectivity index (χ1v) is 8.32. The Balaban J connectivity index is 2.14. The van der Waals surface area contributed by atoms with Crippen LogP contribution in [0.4, 0.5) is 0 Å². The van der Waals surface area contributed by atoms with Crippen molar-refractivity contribution < 1.29 is 19.0 Å². The van der Waals surface area contributed by atoms with E-state index >= 15 is 0 Å². The molecule has 2 rings (SSSR count). The van der Waals surface area contributed by atoms with Crippen LogP contribution < -0.4 is 19.5 Å². The Morgan fingerprint density at radius 2 is 1.84 bits per heavy atom. The fraction of sp³-hybridized carbons (Fsp3) is 0.350. The summed E-state index contributed by atoms with van der Waals surface area (Å²) in [6, 6.07) is 12.9. The van der Waals surface area contributed by atoms with Crippen molar-refractivity contribution in [2.45, 2.75) is 32.9 Å². The molecule has 0 aliphatic rings. The number of hydrogen-bond acceptors (Lipinski definition) is 4. The summed E-state index contributed by atoms with van der Waals surface area (Å²) in [6.45, 7) is 4.31. The highest BCUT2D eigenvalue weighted by molar-refractivity contribution is 5.94. The smallest absolute Gasteiger partial charge is 0.251 e. The molecule has 5 nitrogen and oxygen atoms in total. The zero-order chi connectivity index (χ0) is 18.2. The van der Waals surface area contributed by atoms with Gasteiger partial charge in [-0.25, -0.2) is 0 Å². The van der Waals surface area contributed by atoms with Crippen molar-refractivity contribution >= 4 is 5.91 Å². The summed E-state index contributed by atoms with van der Waals surface area (Å²) in [5.41, 5.74) is 1.40. The van der Waals surface area contributed by atoms with E-state index in [1.807, 2.05) is 38.1 Å². The minimum atomic E-state index is -0.0976. The number of nitrogens with one attached hydrogen (secondary N) is 1. The van der Waals surface area contributed by atoms with Crippen LogP contribution in [0.1, 0.15) is 36.2 Å². The summed E-state index contributed by atoms with van der Waals surface area (Å²) < 4.78 is 16.4. The van der Waals surface area contributed by atoms with E-state index in [4.69, 9.17) is 14.2 Å². The van der Waals surface area contributed by atoms with Gasteiger partial charge >= 0.3 is 0 Å². The first kappa shape index (κ1) is 18.6. The molecule has 0 heterocycles. The number of amides is 1. The van der Waals surface area contributed by atoms with Crippen molar-refractivity contribution in [2.75, 3.05) is 14.2 Å². The zero-order valence-corrected chi connectivity index (χ0v) is 15.2. The number of hydrogen-bond donors (Lipinski definition) is 1. The highest BCUT2D eigenvalue weighted by atomic mass is 16.5. The molecule has 25 heavy (non-hydrogen) atoms. The first-order valence-electron chi connectivity index (χ1n) is 8.32. The van der Waals surface area contributed by atoms with Crippen molar-refractivity contribution in [1.29, 1.82) is 0 Å². The minimum absolute atomic E-state index is 0.0976. The molecule has 0 radical (unpaired) electrons. The monoisotopic (exact) mass is 343 g/mol. The van der Waals surface area contributed by atoms with Gasteiger partial charge in [-0.2, -0.15) is 0 Å². The van der Waals surface area contributed by atoms with Crippen LogP contribution in [0.25, 0.3) is 0 Å². The van der Waals surface area contributed by atoms with Crippen LogP contribution >= 0.6 is 0 Å². The van der Waals surface area contributed by atoms with Crippen LogP contribution in [0.2, 0.25) is 0 Å². The largest absolute Gasteiger partial charge is 0.497 e. The molecular formula is C20H25NO4. The summed E-state index contributed by atoms with van der Waals surface area (Å²) in [5, 5.41) is 2.96. The van der Waals surface area contributed by atoms with Crippen molar-refractivity contribution in [3.8, 4) is 17.2 Å². The topological polar surface area (TPSA) is 56.8 Å². The molecule has 1 unspecified atom stereocenters. The molecule has 1 atom stereocenters. The molecule has 0 spiro atoms. The number of benzene rings is 2. The molecule has 2 aromatic carbocycles. The molecule has 0 saturated carbocycles. The van der Waals surface area contributed by atoms with Crippen LogP contribution in [-0.4, -0.2) is 26.2 Å². The maximum Gasteiger partial charge on any atom is 0.251 e. The summed E-state index contributed by atoms with van der Waals surface area (Å²) >= 11 is 0. The molecule has 0 aromatic heterocycles. The predicted octanol–water partition coefficient (Wildman–Crippen LogP) is 3.81. The van der Waals surface area contributed by atoms with E-state index in [0.29, 0.717) is 23.7 Å². The molecule has 5 heteroatoms. The SMILES string of the molecule is CCC(C)NC(=O)c1ccc(OC)c(COc2cccc(OC)c2)c1. The van der Waals surface area contributed by atoms with Gasteiger partial charge in [-0.3, -0.25) is 4.79 Å².